The molecule has 0 radical (unpaired) electrons. The van der Waals surface area contributed by atoms with E-state index in [9.17, 15) is 0 Å². The Morgan fingerprint density at radius 1 is 0.815 bits per heavy atom. The van der Waals surface area contributed by atoms with Gasteiger partial charge >= 0.3 is 0 Å². The molecule has 5 rings (SSSR count). The van der Waals surface area contributed by atoms with Gasteiger partial charge in [-0.05, 0) is 86.2 Å². The van der Waals surface area contributed by atoms with Gasteiger partial charge in [-0.3, -0.25) is 0 Å². The molecule has 4 nitrogen and oxygen atoms in total. The van der Waals surface area contributed by atoms with Crippen LogP contribution in [0.25, 0.3) is 18.2 Å². The minimum Gasteiger partial charge on any atom is -0.355 e. The molecular formula is C23H20N4. The zero-order valence-corrected chi connectivity index (χ0v) is 15.3. The van der Waals surface area contributed by atoms with E-state index in [0.29, 0.717) is 6.04 Å². The highest BCUT2D eigenvalue weighted by Gasteiger charge is 2.10. The van der Waals surface area contributed by atoms with Crippen molar-refractivity contribution in [1.29, 1.82) is 0 Å². The number of H-pyrrole nitrogens is 1. The lowest BCUT2D eigenvalue weighted by atomic mass is 10.2. The quantitative estimate of drug-likeness (QED) is 0.819. The lowest BCUT2D eigenvalue weighted by Crippen LogP contribution is -2.10. The summed E-state index contributed by atoms with van der Waals surface area (Å²) >= 11 is 0. The minimum absolute atomic E-state index is 0.376. The van der Waals surface area contributed by atoms with Gasteiger partial charge in [-0.25, -0.2) is 9.98 Å². The molecule has 0 atom stereocenters. The van der Waals surface area contributed by atoms with Gasteiger partial charge in [0, 0.05) is 28.6 Å². The van der Waals surface area contributed by atoms with E-state index in [0.717, 1.165) is 39.2 Å². The summed E-state index contributed by atoms with van der Waals surface area (Å²) in [6.45, 7) is 4.39. The van der Waals surface area contributed by atoms with Crippen LogP contribution in [-0.4, -0.2) is 21.0 Å². The summed E-state index contributed by atoms with van der Waals surface area (Å²) in [7, 11) is 0. The molecule has 0 saturated heterocycles. The Morgan fingerprint density at radius 2 is 1.48 bits per heavy atom. The van der Waals surface area contributed by atoms with Crippen molar-refractivity contribution in [2.24, 2.45) is 9.98 Å². The largest absolute Gasteiger partial charge is 0.355 e. The second-order valence-corrected chi connectivity index (χ2v) is 7.24. The number of nitrogens with one attached hydrogen (secondary N) is 1. The Balaban J connectivity index is 1.74. The number of aromatic nitrogens is 2. The lowest BCUT2D eigenvalue weighted by Gasteiger charge is -2.10. The molecule has 3 aliphatic heterocycles. The first kappa shape index (κ1) is 15.8. The van der Waals surface area contributed by atoms with Crippen molar-refractivity contribution >= 4 is 29.7 Å². The molecule has 5 heterocycles. The predicted octanol–water partition coefficient (Wildman–Crippen LogP) is 3.27. The average Bonchev–Trinajstić information content (AvgIpc) is 3.38. The number of hydrogen-bond donors (Lipinski definition) is 1. The maximum Gasteiger partial charge on any atom is 0.0659 e. The summed E-state index contributed by atoms with van der Waals surface area (Å²) in [5.41, 5.74) is 6.06. The normalized spacial score (nSPS) is 17.3. The van der Waals surface area contributed by atoms with E-state index in [1.165, 1.54) is 5.56 Å². The van der Waals surface area contributed by atoms with Gasteiger partial charge in [-0.15, -0.1) is 0 Å². The first-order valence-corrected chi connectivity index (χ1v) is 9.20. The van der Waals surface area contributed by atoms with Crippen LogP contribution in [0.15, 0.2) is 76.2 Å². The summed E-state index contributed by atoms with van der Waals surface area (Å²) in [5, 5.41) is 2.12. The van der Waals surface area contributed by atoms with Crippen LogP contribution in [0.4, 0.5) is 0 Å². The number of aromatic amines is 1. The van der Waals surface area contributed by atoms with Gasteiger partial charge < -0.3 is 9.55 Å². The molecule has 0 aliphatic carbocycles. The molecule has 4 heteroatoms. The second-order valence-electron chi connectivity index (χ2n) is 7.24. The molecular weight excluding hydrogens is 332 g/mol. The molecule has 27 heavy (non-hydrogen) atoms. The molecule has 0 saturated carbocycles. The van der Waals surface area contributed by atoms with Gasteiger partial charge in [0.1, 0.15) is 0 Å². The van der Waals surface area contributed by atoms with Crippen LogP contribution < -0.4 is 10.7 Å². The number of fused-ring (bicyclic) bond motifs is 6. The third kappa shape index (κ3) is 3.10. The van der Waals surface area contributed by atoms with Crippen molar-refractivity contribution in [3.8, 4) is 0 Å². The standard InChI is InChI=1S/C23H20N4/c1-15(2)27-14-16-9-17-3-4-18(24-17)11-19-5-6-20(25-19)12-21-7-8-22(26-21)13-23(27)10-16/h3-15,24H,1-2H3. The number of aliphatic imine (C=N–C) groups is 2. The van der Waals surface area contributed by atoms with Crippen LogP contribution in [0.2, 0.25) is 0 Å². The van der Waals surface area contributed by atoms with Crippen LogP contribution in [0.5, 0.6) is 0 Å². The summed E-state index contributed by atoms with van der Waals surface area (Å²) < 4.78 is 2.28. The summed E-state index contributed by atoms with van der Waals surface area (Å²) in [5.74, 6) is 0. The van der Waals surface area contributed by atoms with Crippen LogP contribution in [0.3, 0.4) is 0 Å². The van der Waals surface area contributed by atoms with Crippen LogP contribution in [-0.2, 0) is 0 Å². The molecule has 1 N–H and O–H groups in total. The molecule has 0 amide bonds. The minimum atomic E-state index is 0.376. The number of hydrogen-bond acceptors (Lipinski definition) is 2. The van der Waals surface area contributed by atoms with Crippen LogP contribution >= 0.6 is 0 Å². The highest BCUT2D eigenvalue weighted by atomic mass is 15.0. The Hall–Kier alpha value is -3.40. The van der Waals surface area contributed by atoms with E-state index < -0.39 is 0 Å². The summed E-state index contributed by atoms with van der Waals surface area (Å²) in [6.07, 6.45) is 18.7. The highest BCUT2D eigenvalue weighted by Crippen LogP contribution is 2.22. The SMILES string of the molecule is CC(C)n1cc2cc1C=C1C=CC(=N1)C=C1C=CC(=N1)C=c1ccc([nH]1)=C2. The molecule has 8 bridgehead atoms. The van der Waals surface area contributed by atoms with Gasteiger partial charge in [0.15, 0.2) is 0 Å². The second kappa shape index (κ2) is 6.09. The molecule has 0 unspecified atom stereocenters. The fourth-order valence-corrected chi connectivity index (χ4v) is 3.51. The molecule has 2 aromatic rings. The first-order chi connectivity index (χ1) is 13.1. The van der Waals surface area contributed by atoms with Gasteiger partial charge in [0.25, 0.3) is 0 Å². The monoisotopic (exact) mass is 352 g/mol. The third-order valence-electron chi connectivity index (χ3n) is 4.77. The van der Waals surface area contributed by atoms with Crippen molar-refractivity contribution in [3.63, 3.8) is 0 Å². The average molecular weight is 352 g/mol. The van der Waals surface area contributed by atoms with Gasteiger partial charge in [-0.2, -0.15) is 0 Å². The van der Waals surface area contributed by atoms with Gasteiger partial charge in [0.05, 0.1) is 22.8 Å². The van der Waals surface area contributed by atoms with Crippen molar-refractivity contribution in [2.75, 3.05) is 0 Å². The molecule has 3 aliphatic rings. The first-order valence-electron chi connectivity index (χ1n) is 9.20. The maximum absolute atomic E-state index is 4.73. The van der Waals surface area contributed by atoms with Crippen molar-refractivity contribution in [2.45, 2.75) is 19.9 Å². The topological polar surface area (TPSA) is 45.4 Å². The van der Waals surface area contributed by atoms with Crippen molar-refractivity contribution < 1.29 is 0 Å². The summed E-state index contributed by atoms with van der Waals surface area (Å²) in [6, 6.07) is 6.76. The molecule has 0 spiro atoms. The number of nitrogens with zero attached hydrogens (tertiary/aromatic N) is 3. The maximum atomic E-state index is 4.73. The predicted molar refractivity (Wildman–Crippen MR) is 112 cm³/mol. The third-order valence-corrected chi connectivity index (χ3v) is 4.77. The van der Waals surface area contributed by atoms with E-state index in [4.69, 9.17) is 4.99 Å². The summed E-state index contributed by atoms with van der Waals surface area (Å²) in [4.78, 5) is 12.8. The lowest BCUT2D eigenvalue weighted by molar-refractivity contribution is 0.599. The van der Waals surface area contributed by atoms with E-state index in [2.05, 4.69) is 77.1 Å². The van der Waals surface area contributed by atoms with Crippen molar-refractivity contribution in [1.82, 2.24) is 9.55 Å². The zero-order valence-electron chi connectivity index (χ0n) is 15.3. The van der Waals surface area contributed by atoms with Gasteiger partial charge in [-0.1, -0.05) is 0 Å². The zero-order chi connectivity index (χ0) is 18.4. The molecule has 132 valence electrons. The number of rotatable bonds is 1. The molecule has 2 aromatic heterocycles. The van der Waals surface area contributed by atoms with E-state index >= 15 is 0 Å². The van der Waals surface area contributed by atoms with E-state index in [1.54, 1.807) is 0 Å². The van der Waals surface area contributed by atoms with Crippen LogP contribution in [0, 0.1) is 0 Å². The fraction of sp³-hybridized carbons (Fsp3) is 0.130. The Labute approximate surface area is 157 Å². The highest BCUT2D eigenvalue weighted by molar-refractivity contribution is 6.19. The Morgan fingerprint density at radius 3 is 2.22 bits per heavy atom. The van der Waals surface area contributed by atoms with E-state index in [1.807, 2.05) is 24.3 Å². The molecule has 0 fully saturated rings. The smallest absolute Gasteiger partial charge is 0.0659 e. The van der Waals surface area contributed by atoms with E-state index in [-0.39, 0.29) is 0 Å². The molecule has 0 aromatic carbocycles. The van der Waals surface area contributed by atoms with Crippen LogP contribution in [0.1, 0.15) is 31.1 Å². The van der Waals surface area contributed by atoms with Gasteiger partial charge in [0.2, 0.25) is 0 Å². The number of allylic oxidation sites excluding steroid dienone is 5. The fourth-order valence-electron chi connectivity index (χ4n) is 3.51. The Bertz CT molecular complexity index is 1230. The van der Waals surface area contributed by atoms with Crippen molar-refractivity contribution in [3.05, 3.63) is 88.1 Å². The Kier molecular flexibility index (Phi) is 3.57.